The Morgan fingerprint density at radius 2 is 1.97 bits per heavy atom. The summed E-state index contributed by atoms with van der Waals surface area (Å²) in [5.41, 5.74) is 1.85. The van der Waals surface area contributed by atoms with Gasteiger partial charge in [0.05, 0.1) is 0 Å². The quantitative estimate of drug-likeness (QED) is 0.582. The molecule has 1 amide bonds. The highest BCUT2D eigenvalue weighted by Crippen LogP contribution is 2.44. The van der Waals surface area contributed by atoms with Gasteiger partial charge in [0.1, 0.15) is 11.5 Å². The summed E-state index contributed by atoms with van der Waals surface area (Å²) in [6.45, 7) is 5.54. The van der Waals surface area contributed by atoms with Gasteiger partial charge in [0.2, 0.25) is 0 Å². The molecule has 10 nitrogen and oxygen atoms in total. The van der Waals surface area contributed by atoms with Crippen LogP contribution in [0.3, 0.4) is 0 Å². The van der Waals surface area contributed by atoms with Gasteiger partial charge in [0, 0.05) is 51.3 Å². The maximum absolute atomic E-state index is 15.0. The zero-order chi connectivity index (χ0) is 25.4. The largest absolute Gasteiger partial charge is 0.427 e. The van der Waals surface area contributed by atoms with Crippen molar-refractivity contribution in [3.8, 4) is 0 Å². The van der Waals surface area contributed by atoms with Gasteiger partial charge in [-0.15, -0.1) is 0 Å². The number of anilines is 1. The van der Waals surface area contributed by atoms with E-state index in [1.54, 1.807) is 21.0 Å². The van der Waals surface area contributed by atoms with E-state index in [1.807, 2.05) is 23.3 Å². The van der Waals surface area contributed by atoms with Gasteiger partial charge in [-0.1, -0.05) is 12.5 Å². The van der Waals surface area contributed by atoms with Gasteiger partial charge >= 0.3 is 12.1 Å². The number of amides is 1. The summed E-state index contributed by atoms with van der Waals surface area (Å²) in [6, 6.07) is 1.37. The van der Waals surface area contributed by atoms with Gasteiger partial charge in [0.25, 0.3) is 10.2 Å². The normalized spacial score (nSPS) is 20.4. The average Bonchev–Trinajstić information content (AvgIpc) is 2.76. The summed E-state index contributed by atoms with van der Waals surface area (Å²) in [5, 5.41) is 0. The van der Waals surface area contributed by atoms with Crippen molar-refractivity contribution in [2.24, 2.45) is 11.8 Å². The van der Waals surface area contributed by atoms with Gasteiger partial charge in [-0.2, -0.15) is 8.42 Å². The van der Waals surface area contributed by atoms with Crippen molar-refractivity contribution >= 4 is 28.1 Å². The molecule has 2 aliphatic rings. The van der Waals surface area contributed by atoms with Crippen molar-refractivity contribution in [1.29, 1.82) is 0 Å². The minimum absolute atomic E-state index is 0.0823. The lowest BCUT2D eigenvalue weighted by Crippen LogP contribution is -2.32. The molecule has 0 radical (unpaired) electrons. The van der Waals surface area contributed by atoms with Crippen molar-refractivity contribution in [3.05, 3.63) is 58.0 Å². The number of carbonyl (C=O) groups is 2. The minimum atomic E-state index is -3.97. The number of hydrogen-bond acceptors (Lipinski definition) is 7. The van der Waals surface area contributed by atoms with E-state index >= 15 is 0 Å². The van der Waals surface area contributed by atoms with E-state index in [-0.39, 0.29) is 29.4 Å². The van der Waals surface area contributed by atoms with Crippen LogP contribution in [0.5, 0.6) is 0 Å². The van der Waals surface area contributed by atoms with Crippen LogP contribution in [0.2, 0.25) is 0 Å². The van der Waals surface area contributed by atoms with Crippen LogP contribution in [0.1, 0.15) is 26.3 Å². The van der Waals surface area contributed by atoms with E-state index in [2.05, 4.69) is 4.98 Å². The Kier molecular flexibility index (Phi) is 7.13. The molecule has 0 fully saturated rings. The summed E-state index contributed by atoms with van der Waals surface area (Å²) in [7, 11) is 0.330. The molecule has 2 heterocycles. The van der Waals surface area contributed by atoms with Crippen LogP contribution < -0.4 is 9.44 Å². The number of ether oxygens (including phenoxy) is 2. The monoisotopic (exact) mass is 494 g/mol. The van der Waals surface area contributed by atoms with E-state index in [1.165, 1.54) is 30.3 Å². The fraction of sp³-hybridized carbons (Fsp3) is 0.409. The Labute approximate surface area is 197 Å². The lowest BCUT2D eigenvalue weighted by atomic mass is 9.75. The Bertz CT molecular complexity index is 1240. The average molecular weight is 495 g/mol. The first-order chi connectivity index (χ1) is 15.9. The molecule has 0 aromatic carbocycles. The molecule has 2 atom stereocenters. The van der Waals surface area contributed by atoms with Crippen LogP contribution in [0.4, 0.5) is 15.0 Å². The molecule has 2 N–H and O–H groups in total. The number of carbonyl (C=O) groups excluding carboxylic acids is 2. The lowest BCUT2D eigenvalue weighted by Gasteiger charge is -2.36. The Hall–Kier alpha value is -3.25. The molecule has 3 rings (SSSR count). The highest BCUT2D eigenvalue weighted by atomic mass is 32.2. The van der Waals surface area contributed by atoms with E-state index in [4.69, 9.17) is 9.47 Å². The number of nitrogens with zero attached hydrogens (tertiary/aromatic N) is 2. The van der Waals surface area contributed by atoms with Crippen LogP contribution in [0.25, 0.3) is 0 Å². The number of fused-ring (bicyclic) bond motifs is 1. The van der Waals surface area contributed by atoms with Crippen molar-refractivity contribution in [1.82, 2.24) is 14.6 Å². The predicted molar refractivity (Wildman–Crippen MR) is 122 cm³/mol. The van der Waals surface area contributed by atoms with Crippen LogP contribution in [-0.4, -0.2) is 51.5 Å². The molecule has 1 aliphatic heterocycles. The molecule has 0 saturated carbocycles. The third-order valence-electron chi connectivity index (χ3n) is 5.95. The fourth-order valence-corrected chi connectivity index (χ4v) is 4.32. The highest BCUT2D eigenvalue weighted by molar-refractivity contribution is 7.90. The standard InChI is InChI=1S/C22H27FN4O6S/c1-11-12(2)18-13(3)15(21(28)32-17(18)10-16(11)33-22(29)27(5)6)9-14-7-8-25-20(19(14)23)26-34(30,31)24-4/h7-8,10,12,18,24H,9H2,1-6H3,(H,25,26). The van der Waals surface area contributed by atoms with E-state index in [0.29, 0.717) is 17.1 Å². The van der Waals surface area contributed by atoms with Crippen LogP contribution >= 0.6 is 0 Å². The second-order valence-corrected chi connectivity index (χ2v) is 9.91. The van der Waals surface area contributed by atoms with E-state index in [9.17, 15) is 22.4 Å². The molecule has 0 saturated heterocycles. The number of pyridine rings is 1. The fourth-order valence-electron chi connectivity index (χ4n) is 3.82. The Balaban J connectivity index is 1.94. The molecule has 184 valence electrons. The van der Waals surface area contributed by atoms with Gasteiger partial charge in [-0.3, -0.25) is 4.72 Å². The zero-order valence-electron chi connectivity index (χ0n) is 19.7. The van der Waals surface area contributed by atoms with Gasteiger partial charge in [-0.25, -0.2) is 23.7 Å². The molecule has 0 bridgehead atoms. The smallest absolute Gasteiger partial charge is 0.414 e. The first-order valence-corrected chi connectivity index (χ1v) is 11.9. The number of esters is 1. The van der Waals surface area contributed by atoms with Crippen molar-refractivity contribution < 1.29 is 31.9 Å². The topological polar surface area (TPSA) is 127 Å². The lowest BCUT2D eigenvalue weighted by molar-refractivity contribution is -0.137. The summed E-state index contributed by atoms with van der Waals surface area (Å²) in [6.07, 6.45) is 2.12. The molecule has 1 aromatic rings. The number of aromatic nitrogens is 1. The number of hydrogen-bond donors (Lipinski definition) is 2. The summed E-state index contributed by atoms with van der Waals surface area (Å²) in [4.78, 5) is 29.9. The first-order valence-electron chi connectivity index (χ1n) is 10.4. The van der Waals surface area contributed by atoms with Crippen LogP contribution in [0, 0.1) is 17.7 Å². The molecular formula is C22H27FN4O6S. The van der Waals surface area contributed by atoms with Gasteiger partial charge in [0.15, 0.2) is 11.6 Å². The number of allylic oxidation sites excluding steroid dienone is 3. The first kappa shape index (κ1) is 25.4. The molecule has 1 aromatic heterocycles. The van der Waals surface area contributed by atoms with E-state index in [0.717, 1.165) is 5.57 Å². The van der Waals surface area contributed by atoms with Crippen LogP contribution in [0.15, 0.2) is 46.6 Å². The molecule has 12 heteroatoms. The van der Waals surface area contributed by atoms with Gasteiger partial charge in [-0.05, 0) is 37.0 Å². The molecule has 34 heavy (non-hydrogen) atoms. The number of rotatable bonds is 6. The van der Waals surface area contributed by atoms with Gasteiger partial charge < -0.3 is 14.4 Å². The van der Waals surface area contributed by atoms with E-state index < -0.39 is 33.9 Å². The third kappa shape index (κ3) is 4.97. The number of nitrogens with one attached hydrogen (secondary N) is 2. The minimum Gasteiger partial charge on any atom is -0.427 e. The second-order valence-electron chi connectivity index (χ2n) is 8.29. The summed E-state index contributed by atoms with van der Waals surface area (Å²) >= 11 is 0. The van der Waals surface area contributed by atoms with Crippen molar-refractivity contribution in [2.75, 3.05) is 25.9 Å². The summed E-state index contributed by atoms with van der Waals surface area (Å²) < 4.78 is 53.5. The molecular weight excluding hydrogens is 467 g/mol. The number of halogens is 1. The molecule has 2 unspecified atom stereocenters. The third-order valence-corrected chi connectivity index (χ3v) is 6.95. The van der Waals surface area contributed by atoms with Crippen molar-refractivity contribution in [3.63, 3.8) is 0 Å². The SMILES string of the molecule is CNS(=O)(=O)Nc1nccc(CC2=C(C)C3C(=CC(OC(=O)N(C)C)=C(C)C3C)OC2=O)c1F. The summed E-state index contributed by atoms with van der Waals surface area (Å²) in [5.74, 6) is -1.81. The Morgan fingerprint density at radius 1 is 1.29 bits per heavy atom. The zero-order valence-corrected chi connectivity index (χ0v) is 20.5. The maximum Gasteiger partial charge on any atom is 0.414 e. The predicted octanol–water partition coefficient (Wildman–Crippen LogP) is 2.63. The highest BCUT2D eigenvalue weighted by Gasteiger charge is 2.39. The second kappa shape index (κ2) is 9.55. The molecule has 0 spiro atoms. The van der Waals surface area contributed by atoms with Crippen LogP contribution in [-0.2, 0) is 30.9 Å². The Morgan fingerprint density at radius 3 is 2.59 bits per heavy atom. The maximum atomic E-state index is 15.0. The molecule has 1 aliphatic carbocycles. The van der Waals surface area contributed by atoms with Crippen molar-refractivity contribution in [2.45, 2.75) is 27.2 Å².